The van der Waals surface area contributed by atoms with E-state index in [1.54, 1.807) is 11.4 Å². The summed E-state index contributed by atoms with van der Waals surface area (Å²) in [4.78, 5) is 24.6. The Balaban J connectivity index is 2.18. The van der Waals surface area contributed by atoms with Crippen LogP contribution in [0.25, 0.3) is 0 Å². The second kappa shape index (κ2) is 5.49. The van der Waals surface area contributed by atoms with E-state index in [4.69, 9.17) is 18.0 Å². The van der Waals surface area contributed by atoms with Gasteiger partial charge in [0.15, 0.2) is 0 Å². The molecular weight excluding hydrogens is 296 g/mol. The first-order valence-corrected chi connectivity index (χ1v) is 7.46. The third kappa shape index (κ3) is 2.43. The number of rotatable bonds is 4. The molecule has 1 aliphatic carbocycles. The number of anilines is 1. The van der Waals surface area contributed by atoms with Crippen molar-refractivity contribution in [2.75, 3.05) is 12.4 Å². The highest BCUT2D eigenvalue weighted by Crippen LogP contribution is 2.46. The number of carbonyl (C=O) groups is 2. The highest BCUT2D eigenvalue weighted by atomic mass is 32.1. The number of esters is 1. The lowest BCUT2D eigenvalue weighted by Gasteiger charge is -2.44. The molecule has 0 atom stereocenters. The van der Waals surface area contributed by atoms with Crippen LogP contribution in [0.5, 0.6) is 0 Å². The summed E-state index contributed by atoms with van der Waals surface area (Å²) in [5, 5.41) is 4.47. The Morgan fingerprint density at radius 1 is 1.55 bits per heavy atom. The van der Waals surface area contributed by atoms with E-state index < -0.39 is 11.4 Å². The van der Waals surface area contributed by atoms with Gasteiger partial charge >= 0.3 is 5.97 Å². The van der Waals surface area contributed by atoms with Crippen LogP contribution >= 0.6 is 23.6 Å². The fourth-order valence-electron chi connectivity index (χ4n) is 2.53. The number of thiophene rings is 1. The topological polar surface area (TPSA) is 81.4 Å². The van der Waals surface area contributed by atoms with E-state index >= 15 is 0 Å². The number of amides is 1. The summed E-state index contributed by atoms with van der Waals surface area (Å²) in [6, 6.07) is 1.67. The zero-order valence-corrected chi connectivity index (χ0v) is 12.9. The largest absolute Gasteiger partial charge is 0.465 e. The molecule has 0 radical (unpaired) electrons. The van der Waals surface area contributed by atoms with Crippen molar-refractivity contribution in [2.24, 2.45) is 17.1 Å². The Bertz CT molecular complexity index is 562. The molecule has 0 bridgehead atoms. The summed E-state index contributed by atoms with van der Waals surface area (Å²) in [5.74, 6) is -0.293. The third-order valence-electron chi connectivity index (χ3n) is 3.58. The van der Waals surface area contributed by atoms with E-state index in [0.29, 0.717) is 29.3 Å². The summed E-state index contributed by atoms with van der Waals surface area (Å²) < 4.78 is 4.68. The summed E-state index contributed by atoms with van der Waals surface area (Å²) in [6.07, 6.45) is 1.29. The molecule has 20 heavy (non-hydrogen) atoms. The number of hydrogen-bond acceptors (Lipinski definition) is 5. The molecule has 1 aromatic heterocycles. The minimum atomic E-state index is -0.788. The molecular formula is C13H16N2O3S2. The van der Waals surface area contributed by atoms with Crippen molar-refractivity contribution in [3.63, 3.8) is 0 Å². The van der Waals surface area contributed by atoms with Crippen molar-refractivity contribution in [1.82, 2.24) is 0 Å². The van der Waals surface area contributed by atoms with Crippen LogP contribution in [0.2, 0.25) is 0 Å². The molecule has 0 saturated heterocycles. The minimum absolute atomic E-state index is 0.211. The van der Waals surface area contributed by atoms with Crippen LogP contribution in [-0.2, 0) is 9.53 Å². The van der Waals surface area contributed by atoms with Gasteiger partial charge in [-0.1, -0.05) is 19.1 Å². The number of methoxy groups -OCH3 is 1. The number of nitrogens with two attached hydrogens (primary N) is 1. The SMILES string of the molecule is COC(=O)c1sccc1NC(=O)C1(C(N)=S)CC(C)C1. The Kier molecular flexibility index (Phi) is 4.10. The Hall–Kier alpha value is -1.47. The lowest BCUT2D eigenvalue weighted by Crippen LogP contribution is -2.53. The maximum atomic E-state index is 12.4. The van der Waals surface area contributed by atoms with Crippen LogP contribution in [0.15, 0.2) is 11.4 Å². The first kappa shape index (κ1) is 14.9. The quantitative estimate of drug-likeness (QED) is 0.658. The summed E-state index contributed by atoms with van der Waals surface area (Å²) in [7, 11) is 1.30. The van der Waals surface area contributed by atoms with Gasteiger partial charge in [0.1, 0.15) is 4.88 Å². The van der Waals surface area contributed by atoms with E-state index in [2.05, 4.69) is 10.1 Å². The first-order chi connectivity index (χ1) is 9.40. The minimum Gasteiger partial charge on any atom is -0.465 e. The molecule has 108 valence electrons. The Labute approximate surface area is 126 Å². The molecule has 1 fully saturated rings. The molecule has 0 aromatic carbocycles. The number of carbonyl (C=O) groups excluding carboxylic acids is 2. The van der Waals surface area contributed by atoms with E-state index in [9.17, 15) is 9.59 Å². The average Bonchev–Trinajstić information content (AvgIpc) is 2.81. The van der Waals surface area contributed by atoms with Gasteiger partial charge in [0.05, 0.1) is 23.2 Å². The number of nitrogens with one attached hydrogen (secondary N) is 1. The summed E-state index contributed by atoms with van der Waals surface area (Å²) >= 11 is 6.26. The predicted molar refractivity (Wildman–Crippen MR) is 81.9 cm³/mol. The number of ether oxygens (including phenoxy) is 1. The normalized spacial score (nSPS) is 24.6. The Morgan fingerprint density at radius 3 is 2.70 bits per heavy atom. The van der Waals surface area contributed by atoms with Crippen molar-refractivity contribution in [3.8, 4) is 0 Å². The lowest BCUT2D eigenvalue weighted by molar-refractivity contribution is -0.127. The zero-order valence-electron chi connectivity index (χ0n) is 11.3. The zero-order chi connectivity index (χ0) is 14.9. The molecule has 1 aliphatic rings. The monoisotopic (exact) mass is 312 g/mol. The molecule has 1 saturated carbocycles. The van der Waals surface area contributed by atoms with Gasteiger partial charge in [0.2, 0.25) is 5.91 Å². The molecule has 7 heteroatoms. The maximum absolute atomic E-state index is 12.4. The lowest BCUT2D eigenvalue weighted by atomic mass is 9.62. The first-order valence-electron chi connectivity index (χ1n) is 6.18. The predicted octanol–water partition coefficient (Wildman–Crippen LogP) is 2.18. The van der Waals surface area contributed by atoms with Gasteiger partial charge in [-0.2, -0.15) is 0 Å². The van der Waals surface area contributed by atoms with Crippen molar-refractivity contribution in [2.45, 2.75) is 19.8 Å². The van der Waals surface area contributed by atoms with Gasteiger partial charge in [-0.25, -0.2) is 4.79 Å². The van der Waals surface area contributed by atoms with Crippen molar-refractivity contribution in [1.29, 1.82) is 0 Å². The van der Waals surface area contributed by atoms with Crippen LogP contribution < -0.4 is 11.1 Å². The molecule has 1 aromatic rings. The number of hydrogen-bond donors (Lipinski definition) is 2. The molecule has 0 unspecified atom stereocenters. The smallest absolute Gasteiger partial charge is 0.350 e. The van der Waals surface area contributed by atoms with Crippen molar-refractivity contribution >= 4 is 46.1 Å². The fourth-order valence-corrected chi connectivity index (χ4v) is 3.55. The highest BCUT2D eigenvalue weighted by Gasteiger charge is 2.51. The molecule has 1 heterocycles. The summed E-state index contributed by atoms with van der Waals surface area (Å²) in [6.45, 7) is 2.05. The van der Waals surface area contributed by atoms with Crippen LogP contribution in [-0.4, -0.2) is 24.0 Å². The van der Waals surface area contributed by atoms with Crippen LogP contribution in [0, 0.1) is 11.3 Å². The van der Waals surface area contributed by atoms with Crippen LogP contribution in [0.4, 0.5) is 5.69 Å². The third-order valence-corrected chi connectivity index (χ3v) is 4.87. The molecule has 3 N–H and O–H groups in total. The second-order valence-corrected chi connectivity index (χ2v) is 6.42. The number of thiocarbonyl (C=S) groups is 1. The second-order valence-electron chi connectivity index (χ2n) is 5.07. The van der Waals surface area contributed by atoms with Gasteiger partial charge in [-0.3, -0.25) is 4.79 Å². The van der Waals surface area contributed by atoms with E-state index in [1.807, 2.05) is 6.92 Å². The molecule has 2 rings (SSSR count). The standard InChI is InChI=1S/C13H16N2O3S2/c1-7-5-13(6-7,11(14)19)12(17)15-8-3-4-20-9(8)10(16)18-2/h3-4,7H,5-6H2,1-2H3,(H2,14,19)(H,15,17). The van der Waals surface area contributed by atoms with Crippen LogP contribution in [0.1, 0.15) is 29.4 Å². The van der Waals surface area contributed by atoms with Gasteiger partial charge < -0.3 is 15.8 Å². The van der Waals surface area contributed by atoms with Gasteiger partial charge in [-0.15, -0.1) is 11.3 Å². The fraction of sp³-hybridized carbons (Fsp3) is 0.462. The Morgan fingerprint density at radius 2 is 2.20 bits per heavy atom. The summed E-state index contributed by atoms with van der Waals surface area (Å²) in [5.41, 5.74) is 5.39. The van der Waals surface area contributed by atoms with Gasteiger partial charge in [0.25, 0.3) is 0 Å². The van der Waals surface area contributed by atoms with Crippen molar-refractivity contribution < 1.29 is 14.3 Å². The van der Waals surface area contributed by atoms with E-state index in [-0.39, 0.29) is 10.9 Å². The maximum Gasteiger partial charge on any atom is 0.350 e. The van der Waals surface area contributed by atoms with Crippen LogP contribution in [0.3, 0.4) is 0 Å². The van der Waals surface area contributed by atoms with E-state index in [0.717, 1.165) is 0 Å². The average molecular weight is 312 g/mol. The molecule has 5 nitrogen and oxygen atoms in total. The molecule has 1 amide bonds. The van der Waals surface area contributed by atoms with Crippen molar-refractivity contribution in [3.05, 3.63) is 16.3 Å². The molecule has 0 spiro atoms. The van der Waals surface area contributed by atoms with E-state index in [1.165, 1.54) is 18.4 Å². The molecule has 0 aliphatic heterocycles. The van der Waals surface area contributed by atoms with Gasteiger partial charge in [-0.05, 0) is 30.2 Å². The van der Waals surface area contributed by atoms with Gasteiger partial charge in [0, 0.05) is 0 Å². The highest BCUT2D eigenvalue weighted by molar-refractivity contribution is 7.80.